The summed E-state index contributed by atoms with van der Waals surface area (Å²) in [5, 5.41) is 10.2. The smallest absolute Gasteiger partial charge is 0.173 e. The number of phenols is 1. The molecule has 30 heavy (non-hydrogen) atoms. The highest BCUT2D eigenvalue weighted by molar-refractivity contribution is 5.99. The number of carbonyl (C=O) groups is 1. The number of allylic oxidation sites excluding steroid dienone is 3. The first kappa shape index (κ1) is 22.7. The van der Waals surface area contributed by atoms with Gasteiger partial charge in [-0.3, -0.25) is 4.79 Å². The van der Waals surface area contributed by atoms with Crippen molar-refractivity contribution >= 4 is 11.4 Å². The Morgan fingerprint density at radius 2 is 1.90 bits per heavy atom. The summed E-state index contributed by atoms with van der Waals surface area (Å²) in [4.78, 5) is 12.1. The van der Waals surface area contributed by atoms with E-state index in [-0.39, 0.29) is 29.2 Å². The molecule has 0 radical (unpaired) electrons. The van der Waals surface area contributed by atoms with Gasteiger partial charge < -0.3 is 5.11 Å². The predicted molar refractivity (Wildman–Crippen MR) is 118 cm³/mol. The van der Waals surface area contributed by atoms with Crippen LogP contribution in [0.15, 0.2) is 30.6 Å². The Kier molecular flexibility index (Phi) is 7.85. The van der Waals surface area contributed by atoms with Crippen molar-refractivity contribution in [3.63, 3.8) is 0 Å². The molecule has 0 bridgehead atoms. The van der Waals surface area contributed by atoms with Crippen LogP contribution >= 0.6 is 0 Å². The lowest BCUT2D eigenvalue weighted by atomic mass is 9.70. The molecule has 164 valence electrons. The molecular weight excluding hydrogens is 382 g/mol. The molecule has 1 saturated carbocycles. The monoisotopic (exact) mass is 416 g/mol. The summed E-state index contributed by atoms with van der Waals surface area (Å²) in [6.45, 7) is 5.65. The molecule has 1 fully saturated rings. The topological polar surface area (TPSA) is 37.3 Å². The number of benzene rings is 1. The van der Waals surface area contributed by atoms with E-state index in [4.69, 9.17) is 0 Å². The Labute approximate surface area is 179 Å². The molecule has 2 nitrogen and oxygen atoms in total. The SMILES string of the molecule is C=CCCC1CCC(C2CCC(c3ccc(C(=O)CCC)c(O)c3F)=C(F)C2)CC1. The summed E-state index contributed by atoms with van der Waals surface area (Å²) < 4.78 is 29.8. The fourth-order valence-electron chi connectivity index (χ4n) is 5.29. The molecule has 1 N–H and O–H groups in total. The average molecular weight is 417 g/mol. The van der Waals surface area contributed by atoms with Crippen LogP contribution in [-0.4, -0.2) is 10.9 Å². The number of hydrogen-bond donors (Lipinski definition) is 1. The van der Waals surface area contributed by atoms with Crippen molar-refractivity contribution in [2.75, 3.05) is 0 Å². The molecule has 2 aliphatic carbocycles. The van der Waals surface area contributed by atoms with Gasteiger partial charge in [-0.2, -0.15) is 0 Å². The van der Waals surface area contributed by atoms with Crippen LogP contribution in [0.2, 0.25) is 0 Å². The fourth-order valence-corrected chi connectivity index (χ4v) is 5.29. The largest absolute Gasteiger partial charge is 0.504 e. The van der Waals surface area contributed by atoms with Gasteiger partial charge in [-0.25, -0.2) is 8.78 Å². The molecule has 1 aromatic rings. The van der Waals surface area contributed by atoms with Gasteiger partial charge in [0, 0.05) is 18.4 Å². The highest BCUT2D eigenvalue weighted by Crippen LogP contribution is 2.45. The Hall–Kier alpha value is -1.97. The third kappa shape index (κ3) is 5.01. The van der Waals surface area contributed by atoms with E-state index in [1.54, 1.807) is 0 Å². The highest BCUT2D eigenvalue weighted by Gasteiger charge is 2.32. The Balaban J connectivity index is 1.69. The number of carbonyl (C=O) groups excluding carboxylic acids is 1. The van der Waals surface area contributed by atoms with E-state index < -0.39 is 11.6 Å². The van der Waals surface area contributed by atoms with Gasteiger partial charge >= 0.3 is 0 Å². The van der Waals surface area contributed by atoms with E-state index >= 15 is 4.39 Å². The third-order valence-corrected chi connectivity index (χ3v) is 7.09. The minimum Gasteiger partial charge on any atom is -0.504 e. The van der Waals surface area contributed by atoms with Crippen LogP contribution in [0.4, 0.5) is 8.78 Å². The highest BCUT2D eigenvalue weighted by atomic mass is 19.1. The zero-order valence-electron chi connectivity index (χ0n) is 18.1. The third-order valence-electron chi connectivity index (χ3n) is 7.09. The van der Waals surface area contributed by atoms with Crippen molar-refractivity contribution in [3.05, 3.63) is 47.6 Å². The molecule has 1 aromatic carbocycles. The van der Waals surface area contributed by atoms with Crippen LogP contribution in [0.25, 0.3) is 5.57 Å². The summed E-state index contributed by atoms with van der Waals surface area (Å²) in [5.41, 5.74) is 0.443. The van der Waals surface area contributed by atoms with E-state index in [1.807, 2.05) is 13.0 Å². The number of aromatic hydroxyl groups is 1. The van der Waals surface area contributed by atoms with Gasteiger partial charge in [-0.1, -0.05) is 31.9 Å². The molecule has 1 unspecified atom stereocenters. The summed E-state index contributed by atoms with van der Waals surface area (Å²) in [7, 11) is 0. The maximum Gasteiger partial charge on any atom is 0.173 e. The standard InChI is InChI=1S/C26H34F2O2/c1-3-5-7-17-8-10-18(11-9-17)19-12-13-20(23(27)16-19)21-14-15-22(24(29)6-4-2)26(30)25(21)28/h3,14-15,17-19,30H,1,4-13,16H2,2H3. The summed E-state index contributed by atoms with van der Waals surface area (Å²) in [5.74, 6) is -0.437. The van der Waals surface area contributed by atoms with Crippen molar-refractivity contribution in [2.45, 2.75) is 77.6 Å². The number of phenolic OH excluding ortho intramolecular Hbond substituents is 1. The predicted octanol–water partition coefficient (Wildman–Crippen LogP) is 7.77. The maximum absolute atomic E-state index is 15.0. The lowest BCUT2D eigenvalue weighted by Gasteiger charge is -2.36. The minimum atomic E-state index is -0.872. The molecule has 0 aromatic heterocycles. The first-order chi connectivity index (χ1) is 14.5. The normalized spacial score (nSPS) is 24.7. The zero-order valence-corrected chi connectivity index (χ0v) is 18.1. The van der Waals surface area contributed by atoms with Crippen LogP contribution in [0.1, 0.15) is 93.5 Å². The summed E-state index contributed by atoms with van der Waals surface area (Å²) in [6.07, 6.45) is 11.5. The van der Waals surface area contributed by atoms with Gasteiger partial charge in [0.25, 0.3) is 0 Å². The first-order valence-electron chi connectivity index (χ1n) is 11.5. The van der Waals surface area contributed by atoms with E-state index in [1.165, 1.54) is 31.4 Å². The van der Waals surface area contributed by atoms with E-state index in [2.05, 4.69) is 6.58 Å². The van der Waals surface area contributed by atoms with Gasteiger partial charge in [0.05, 0.1) is 5.56 Å². The molecule has 2 aliphatic rings. The summed E-state index contributed by atoms with van der Waals surface area (Å²) in [6, 6.07) is 2.89. The second kappa shape index (κ2) is 10.4. The van der Waals surface area contributed by atoms with Crippen molar-refractivity contribution in [3.8, 4) is 5.75 Å². The number of rotatable bonds is 8. The first-order valence-corrected chi connectivity index (χ1v) is 11.5. The molecule has 0 saturated heterocycles. The molecule has 0 heterocycles. The Morgan fingerprint density at radius 3 is 2.53 bits per heavy atom. The molecule has 4 heteroatoms. The van der Waals surface area contributed by atoms with Gasteiger partial charge in [0.15, 0.2) is 17.3 Å². The fraction of sp³-hybridized carbons (Fsp3) is 0.577. The van der Waals surface area contributed by atoms with Crippen molar-refractivity contribution in [1.82, 2.24) is 0 Å². The van der Waals surface area contributed by atoms with Crippen molar-refractivity contribution < 1.29 is 18.7 Å². The van der Waals surface area contributed by atoms with Gasteiger partial charge in [0.2, 0.25) is 0 Å². The molecule has 0 amide bonds. The van der Waals surface area contributed by atoms with Crippen molar-refractivity contribution in [1.29, 1.82) is 0 Å². The minimum absolute atomic E-state index is 0.0130. The van der Waals surface area contributed by atoms with Gasteiger partial charge in [0.1, 0.15) is 5.83 Å². The van der Waals surface area contributed by atoms with Gasteiger partial charge in [-0.15, -0.1) is 6.58 Å². The van der Waals surface area contributed by atoms with E-state index in [0.717, 1.165) is 31.6 Å². The lowest BCUT2D eigenvalue weighted by Crippen LogP contribution is -2.24. The van der Waals surface area contributed by atoms with Crippen LogP contribution in [0.5, 0.6) is 5.75 Å². The van der Waals surface area contributed by atoms with Crippen LogP contribution in [0.3, 0.4) is 0 Å². The second-order valence-electron chi connectivity index (χ2n) is 9.03. The number of hydrogen-bond acceptors (Lipinski definition) is 2. The molecule has 0 aliphatic heterocycles. The second-order valence-corrected chi connectivity index (χ2v) is 9.03. The quantitative estimate of drug-likeness (QED) is 0.347. The Bertz CT molecular complexity index is 803. The molecule has 0 spiro atoms. The van der Waals surface area contributed by atoms with E-state index in [9.17, 15) is 14.3 Å². The number of halogens is 2. The Morgan fingerprint density at radius 1 is 1.17 bits per heavy atom. The number of ketones is 1. The van der Waals surface area contributed by atoms with Crippen LogP contribution in [-0.2, 0) is 0 Å². The molecule has 3 rings (SSSR count). The number of Topliss-reactive ketones (excluding diaryl/α,β-unsaturated/α-hetero) is 1. The van der Waals surface area contributed by atoms with Gasteiger partial charge in [-0.05, 0) is 74.3 Å². The van der Waals surface area contributed by atoms with Crippen LogP contribution < -0.4 is 0 Å². The average Bonchev–Trinajstić information content (AvgIpc) is 2.75. The van der Waals surface area contributed by atoms with Crippen molar-refractivity contribution in [2.24, 2.45) is 17.8 Å². The van der Waals surface area contributed by atoms with E-state index in [0.29, 0.717) is 36.7 Å². The van der Waals surface area contributed by atoms with Crippen LogP contribution in [0, 0.1) is 23.6 Å². The zero-order chi connectivity index (χ0) is 21.7. The molecular formula is C26H34F2O2. The lowest BCUT2D eigenvalue weighted by molar-refractivity contribution is 0.0978. The molecule has 1 atom stereocenters. The maximum atomic E-state index is 15.0. The summed E-state index contributed by atoms with van der Waals surface area (Å²) >= 11 is 0.